The van der Waals surface area contributed by atoms with Gasteiger partial charge in [-0.2, -0.15) is 0 Å². The third kappa shape index (κ3) is 4.30. The number of amides is 1. The predicted molar refractivity (Wildman–Crippen MR) is 130 cm³/mol. The smallest absolute Gasteiger partial charge is 0.267 e. The zero-order valence-electron chi connectivity index (χ0n) is 18.4. The van der Waals surface area contributed by atoms with Gasteiger partial charge in [-0.25, -0.2) is 4.98 Å². The molecule has 0 fully saturated rings. The van der Waals surface area contributed by atoms with Crippen LogP contribution in [0.4, 0.5) is 0 Å². The molecule has 1 aliphatic carbocycles. The minimum atomic E-state index is -0.0126. The highest BCUT2D eigenvalue weighted by Crippen LogP contribution is 2.37. The van der Waals surface area contributed by atoms with Gasteiger partial charge in [0.05, 0.1) is 16.8 Å². The second-order valence-electron chi connectivity index (χ2n) is 7.93. The lowest BCUT2D eigenvalue weighted by Gasteiger charge is -2.20. The molecule has 7 heteroatoms. The van der Waals surface area contributed by atoms with Crippen molar-refractivity contribution >= 4 is 39.2 Å². The van der Waals surface area contributed by atoms with Crippen LogP contribution in [0, 0.1) is 5.92 Å². The van der Waals surface area contributed by atoms with Crippen molar-refractivity contribution < 1.29 is 4.79 Å². The van der Waals surface area contributed by atoms with Crippen molar-refractivity contribution in [3.8, 4) is 5.69 Å². The fourth-order valence-corrected chi connectivity index (χ4v) is 6.61. The van der Waals surface area contributed by atoms with Crippen LogP contribution in [0.15, 0.2) is 40.3 Å². The maximum atomic E-state index is 13.7. The molecule has 0 unspecified atom stereocenters. The Hall–Kier alpha value is -2.12. The maximum absolute atomic E-state index is 13.7. The summed E-state index contributed by atoms with van der Waals surface area (Å²) in [5, 5.41) is 1.37. The number of benzene rings is 1. The lowest BCUT2D eigenvalue weighted by Crippen LogP contribution is -2.32. The number of nitrogens with zero attached hydrogens (tertiary/aromatic N) is 3. The topological polar surface area (TPSA) is 55.2 Å². The van der Waals surface area contributed by atoms with Crippen molar-refractivity contribution in [3.05, 3.63) is 51.1 Å². The summed E-state index contributed by atoms with van der Waals surface area (Å²) in [6, 6.07) is 9.65. The molecule has 1 aromatic carbocycles. The zero-order valence-corrected chi connectivity index (χ0v) is 20.0. The SMILES string of the molecule is CC[C@H]1CCc2c(sc3nc(SCC(=O)N(CC)CC)n(-c4ccccc4)c(=O)c23)C1. The van der Waals surface area contributed by atoms with Crippen LogP contribution in [-0.2, 0) is 17.6 Å². The lowest BCUT2D eigenvalue weighted by atomic mass is 9.86. The Bertz CT molecular complexity index is 1130. The Morgan fingerprint density at radius 3 is 2.65 bits per heavy atom. The van der Waals surface area contributed by atoms with Gasteiger partial charge in [-0.3, -0.25) is 14.2 Å². The molecule has 0 aliphatic heterocycles. The van der Waals surface area contributed by atoms with Crippen LogP contribution < -0.4 is 5.56 Å². The number of carbonyl (C=O) groups excluding carboxylic acids is 1. The van der Waals surface area contributed by atoms with Gasteiger partial charge in [0.15, 0.2) is 5.16 Å². The number of fused-ring (bicyclic) bond motifs is 3. The molecule has 1 aliphatic rings. The van der Waals surface area contributed by atoms with Crippen molar-refractivity contribution in [2.45, 2.75) is 51.6 Å². The fraction of sp³-hybridized carbons (Fsp3) is 0.458. The highest BCUT2D eigenvalue weighted by molar-refractivity contribution is 7.99. The van der Waals surface area contributed by atoms with E-state index in [1.807, 2.05) is 49.1 Å². The summed E-state index contributed by atoms with van der Waals surface area (Å²) in [6.07, 6.45) is 4.30. The minimum Gasteiger partial charge on any atom is -0.343 e. The Morgan fingerprint density at radius 1 is 1.23 bits per heavy atom. The first kappa shape index (κ1) is 22.1. The fourth-order valence-electron chi connectivity index (χ4n) is 4.32. The van der Waals surface area contributed by atoms with Crippen molar-refractivity contribution in [1.29, 1.82) is 0 Å². The highest BCUT2D eigenvalue weighted by Gasteiger charge is 2.26. The number of para-hydroxylation sites is 1. The molecule has 1 amide bonds. The number of hydrogen-bond acceptors (Lipinski definition) is 5. The molecule has 0 radical (unpaired) electrons. The van der Waals surface area contributed by atoms with E-state index in [1.54, 1.807) is 15.9 Å². The van der Waals surface area contributed by atoms with E-state index < -0.39 is 0 Å². The van der Waals surface area contributed by atoms with E-state index in [4.69, 9.17) is 4.98 Å². The number of aromatic nitrogens is 2. The molecule has 2 aromatic heterocycles. The quantitative estimate of drug-likeness (QED) is 0.375. The summed E-state index contributed by atoms with van der Waals surface area (Å²) in [7, 11) is 0. The summed E-state index contributed by atoms with van der Waals surface area (Å²) in [6.45, 7) is 7.57. The summed E-state index contributed by atoms with van der Waals surface area (Å²) in [5.74, 6) is 1.04. The Balaban J connectivity index is 1.81. The van der Waals surface area contributed by atoms with Crippen LogP contribution in [-0.4, -0.2) is 39.2 Å². The van der Waals surface area contributed by atoms with Crippen LogP contribution in [0.1, 0.15) is 44.1 Å². The van der Waals surface area contributed by atoms with Crippen LogP contribution in [0.25, 0.3) is 15.9 Å². The molecule has 1 atom stereocenters. The average molecular weight is 456 g/mol. The highest BCUT2D eigenvalue weighted by atomic mass is 32.2. The van der Waals surface area contributed by atoms with Crippen molar-refractivity contribution in [2.75, 3.05) is 18.8 Å². The monoisotopic (exact) mass is 455 g/mol. The standard InChI is InChI=1S/C24H29N3O2S2/c1-4-16-12-13-18-19(14-16)31-22-21(18)23(29)27(17-10-8-7-9-11-17)24(25-22)30-15-20(28)26(5-2)6-3/h7-11,16H,4-6,12-15H2,1-3H3/t16-/m0/s1. The van der Waals surface area contributed by atoms with E-state index in [9.17, 15) is 9.59 Å². The van der Waals surface area contributed by atoms with Gasteiger partial charge in [0.2, 0.25) is 5.91 Å². The lowest BCUT2D eigenvalue weighted by molar-refractivity contribution is -0.127. The molecule has 5 nitrogen and oxygen atoms in total. The minimum absolute atomic E-state index is 0.0126. The second kappa shape index (κ2) is 9.57. The molecule has 0 saturated carbocycles. The third-order valence-corrected chi connectivity index (χ3v) is 8.26. The van der Waals surface area contributed by atoms with Crippen molar-refractivity contribution in [3.63, 3.8) is 0 Å². The first-order valence-electron chi connectivity index (χ1n) is 11.1. The van der Waals surface area contributed by atoms with Gasteiger partial charge in [-0.15, -0.1) is 11.3 Å². The van der Waals surface area contributed by atoms with Crippen LogP contribution >= 0.6 is 23.1 Å². The van der Waals surface area contributed by atoms with Gasteiger partial charge < -0.3 is 4.90 Å². The molecule has 0 spiro atoms. The third-order valence-electron chi connectivity index (χ3n) is 6.19. The first-order chi connectivity index (χ1) is 15.1. The summed E-state index contributed by atoms with van der Waals surface area (Å²) in [5.41, 5.74) is 1.98. The zero-order chi connectivity index (χ0) is 22.0. The van der Waals surface area contributed by atoms with Gasteiger partial charge >= 0.3 is 0 Å². The van der Waals surface area contributed by atoms with E-state index >= 15 is 0 Å². The van der Waals surface area contributed by atoms with Gasteiger partial charge in [-0.05, 0) is 56.7 Å². The number of aryl methyl sites for hydroxylation is 1. The molecule has 4 rings (SSSR count). The van der Waals surface area contributed by atoms with Crippen molar-refractivity contribution in [1.82, 2.24) is 14.5 Å². The van der Waals surface area contributed by atoms with E-state index in [0.29, 0.717) is 24.2 Å². The summed E-state index contributed by atoms with van der Waals surface area (Å²) < 4.78 is 1.70. The molecule has 3 aromatic rings. The molecule has 31 heavy (non-hydrogen) atoms. The molecule has 0 saturated heterocycles. The number of carbonyl (C=O) groups is 1. The maximum Gasteiger partial charge on any atom is 0.267 e. The van der Waals surface area contributed by atoms with E-state index in [1.165, 1.54) is 28.6 Å². The second-order valence-corrected chi connectivity index (χ2v) is 9.95. The molecular weight excluding hydrogens is 426 g/mol. The van der Waals surface area contributed by atoms with Crippen LogP contribution in [0.3, 0.4) is 0 Å². The van der Waals surface area contributed by atoms with Gasteiger partial charge in [0, 0.05) is 18.0 Å². The average Bonchev–Trinajstić information content (AvgIpc) is 3.16. The molecule has 0 N–H and O–H groups in total. The number of thiophene rings is 1. The van der Waals surface area contributed by atoms with Crippen LogP contribution in [0.2, 0.25) is 0 Å². The summed E-state index contributed by atoms with van der Waals surface area (Å²) >= 11 is 3.02. The summed E-state index contributed by atoms with van der Waals surface area (Å²) in [4.78, 5) is 35.2. The number of hydrogen-bond donors (Lipinski definition) is 0. The Kier molecular flexibility index (Phi) is 6.82. The van der Waals surface area contributed by atoms with Crippen molar-refractivity contribution in [2.24, 2.45) is 5.92 Å². The Labute approximate surface area is 191 Å². The number of thioether (sulfide) groups is 1. The predicted octanol–water partition coefficient (Wildman–Crippen LogP) is 4.92. The number of rotatable bonds is 7. The van der Waals surface area contributed by atoms with Gasteiger partial charge in [0.25, 0.3) is 5.56 Å². The molecule has 2 heterocycles. The Morgan fingerprint density at radius 2 is 1.97 bits per heavy atom. The van der Waals surface area contributed by atoms with E-state index in [0.717, 1.165) is 35.2 Å². The van der Waals surface area contributed by atoms with Gasteiger partial charge in [-0.1, -0.05) is 43.3 Å². The largest absolute Gasteiger partial charge is 0.343 e. The molecule has 0 bridgehead atoms. The van der Waals surface area contributed by atoms with E-state index in [-0.39, 0.29) is 17.2 Å². The van der Waals surface area contributed by atoms with E-state index in [2.05, 4.69) is 6.92 Å². The molecule has 164 valence electrons. The first-order valence-corrected chi connectivity index (χ1v) is 12.9. The normalized spacial score (nSPS) is 15.8. The van der Waals surface area contributed by atoms with Gasteiger partial charge in [0.1, 0.15) is 4.83 Å². The van der Waals surface area contributed by atoms with Crippen LogP contribution in [0.5, 0.6) is 0 Å². The molecular formula is C24H29N3O2S2.